The van der Waals surface area contributed by atoms with E-state index in [0.29, 0.717) is 19.5 Å². The molecule has 1 aliphatic rings. The predicted molar refractivity (Wildman–Crippen MR) is 63.9 cm³/mol. The van der Waals surface area contributed by atoms with E-state index in [2.05, 4.69) is 5.32 Å². The lowest BCUT2D eigenvalue weighted by Gasteiger charge is -2.25. The Balaban J connectivity index is 2.33. The van der Waals surface area contributed by atoms with Crippen molar-refractivity contribution in [3.05, 3.63) is 0 Å². The highest BCUT2D eigenvalue weighted by Crippen LogP contribution is 2.37. The summed E-state index contributed by atoms with van der Waals surface area (Å²) in [6.07, 6.45) is 5.07. The molecule has 0 saturated heterocycles. The van der Waals surface area contributed by atoms with E-state index in [1.54, 1.807) is 0 Å². The Morgan fingerprint density at radius 1 is 1.50 bits per heavy atom. The zero-order valence-electron chi connectivity index (χ0n) is 10.2. The third-order valence-corrected chi connectivity index (χ3v) is 3.67. The molecule has 1 amide bonds. The molecule has 0 bridgehead atoms. The summed E-state index contributed by atoms with van der Waals surface area (Å²) >= 11 is 0. The maximum absolute atomic E-state index is 12.0. The number of nitrogens with one attached hydrogen (secondary N) is 1. The smallest absolute Gasteiger partial charge is 0.227 e. The molecule has 1 fully saturated rings. The Kier molecular flexibility index (Phi) is 5.22. The van der Waals surface area contributed by atoms with Crippen LogP contribution in [0.15, 0.2) is 0 Å². The fourth-order valence-electron chi connectivity index (χ4n) is 2.32. The van der Waals surface area contributed by atoms with Gasteiger partial charge < -0.3 is 16.2 Å². The highest BCUT2D eigenvalue weighted by atomic mass is 16.3. The molecule has 4 nitrogen and oxygen atoms in total. The number of nitrogens with two attached hydrogens (primary N) is 1. The predicted octanol–water partition coefficient (Wildman–Crippen LogP) is 0.783. The van der Waals surface area contributed by atoms with Gasteiger partial charge >= 0.3 is 0 Å². The van der Waals surface area contributed by atoms with E-state index in [1.165, 1.54) is 0 Å². The molecule has 16 heavy (non-hydrogen) atoms. The molecule has 0 aromatic rings. The lowest BCUT2D eigenvalue weighted by Crippen LogP contribution is -2.44. The van der Waals surface area contributed by atoms with E-state index >= 15 is 0 Å². The topological polar surface area (TPSA) is 75.3 Å². The SMILES string of the molecule is CCC(O)CCNC(=O)C1(CN)CCCC1. The van der Waals surface area contributed by atoms with Crippen LogP contribution in [-0.4, -0.2) is 30.2 Å². The summed E-state index contributed by atoms with van der Waals surface area (Å²) in [6.45, 7) is 2.93. The average molecular weight is 228 g/mol. The number of hydrogen-bond donors (Lipinski definition) is 3. The van der Waals surface area contributed by atoms with Crippen molar-refractivity contribution in [3.63, 3.8) is 0 Å². The van der Waals surface area contributed by atoms with Crippen LogP contribution in [0, 0.1) is 5.41 Å². The second-order valence-corrected chi connectivity index (χ2v) is 4.80. The molecule has 1 unspecified atom stereocenters. The monoisotopic (exact) mass is 228 g/mol. The van der Waals surface area contributed by atoms with Gasteiger partial charge in [0, 0.05) is 13.1 Å². The molecule has 0 radical (unpaired) electrons. The van der Waals surface area contributed by atoms with Crippen molar-refractivity contribution in [2.75, 3.05) is 13.1 Å². The molecular formula is C12H24N2O2. The van der Waals surface area contributed by atoms with Gasteiger partial charge in [-0.15, -0.1) is 0 Å². The largest absolute Gasteiger partial charge is 0.393 e. The van der Waals surface area contributed by atoms with Crippen molar-refractivity contribution >= 4 is 5.91 Å². The van der Waals surface area contributed by atoms with Crippen molar-refractivity contribution in [1.29, 1.82) is 0 Å². The number of rotatable bonds is 6. The van der Waals surface area contributed by atoms with E-state index in [4.69, 9.17) is 5.73 Å². The summed E-state index contributed by atoms with van der Waals surface area (Å²) in [4.78, 5) is 12.0. The maximum Gasteiger partial charge on any atom is 0.227 e. The van der Waals surface area contributed by atoms with Crippen LogP contribution >= 0.6 is 0 Å². The summed E-state index contributed by atoms with van der Waals surface area (Å²) in [5.41, 5.74) is 5.39. The Morgan fingerprint density at radius 2 is 2.12 bits per heavy atom. The molecule has 1 atom stereocenters. The van der Waals surface area contributed by atoms with Gasteiger partial charge in [-0.05, 0) is 25.7 Å². The van der Waals surface area contributed by atoms with Crippen LogP contribution in [0.25, 0.3) is 0 Å². The zero-order valence-corrected chi connectivity index (χ0v) is 10.2. The minimum Gasteiger partial charge on any atom is -0.393 e. The summed E-state index contributed by atoms with van der Waals surface area (Å²) < 4.78 is 0. The first-order valence-electron chi connectivity index (χ1n) is 6.31. The van der Waals surface area contributed by atoms with Gasteiger partial charge in [-0.25, -0.2) is 0 Å². The Bertz CT molecular complexity index is 225. The quantitative estimate of drug-likeness (QED) is 0.629. The van der Waals surface area contributed by atoms with Crippen LogP contribution in [-0.2, 0) is 4.79 Å². The van der Waals surface area contributed by atoms with E-state index in [1.807, 2.05) is 6.92 Å². The molecule has 0 aliphatic heterocycles. The van der Waals surface area contributed by atoms with Crippen molar-refractivity contribution in [3.8, 4) is 0 Å². The highest BCUT2D eigenvalue weighted by molar-refractivity contribution is 5.83. The third-order valence-electron chi connectivity index (χ3n) is 3.67. The lowest BCUT2D eigenvalue weighted by atomic mass is 9.85. The standard InChI is InChI=1S/C12H24N2O2/c1-2-10(15)5-8-14-11(16)12(9-13)6-3-4-7-12/h10,15H,2-9,13H2,1H3,(H,14,16). The van der Waals surface area contributed by atoms with Gasteiger partial charge in [0.1, 0.15) is 0 Å². The first kappa shape index (κ1) is 13.5. The number of carbonyl (C=O) groups excluding carboxylic acids is 1. The number of hydrogen-bond acceptors (Lipinski definition) is 3. The molecule has 0 aromatic heterocycles. The molecule has 1 saturated carbocycles. The van der Waals surface area contributed by atoms with Gasteiger partial charge in [0.25, 0.3) is 0 Å². The van der Waals surface area contributed by atoms with Gasteiger partial charge in [-0.3, -0.25) is 4.79 Å². The molecular weight excluding hydrogens is 204 g/mol. The fourth-order valence-corrected chi connectivity index (χ4v) is 2.32. The average Bonchev–Trinajstić information content (AvgIpc) is 2.78. The second kappa shape index (κ2) is 6.21. The zero-order chi connectivity index (χ0) is 12.0. The normalized spacial score (nSPS) is 20.7. The van der Waals surface area contributed by atoms with E-state index in [0.717, 1.165) is 32.1 Å². The molecule has 1 aliphatic carbocycles. The second-order valence-electron chi connectivity index (χ2n) is 4.80. The molecule has 1 rings (SSSR count). The lowest BCUT2D eigenvalue weighted by molar-refractivity contribution is -0.130. The van der Waals surface area contributed by atoms with Crippen LogP contribution in [0.4, 0.5) is 0 Å². The number of aliphatic hydroxyl groups excluding tert-OH is 1. The number of amides is 1. The van der Waals surface area contributed by atoms with Gasteiger partial charge in [0.15, 0.2) is 0 Å². The van der Waals surface area contributed by atoms with Gasteiger partial charge in [0.05, 0.1) is 11.5 Å². The van der Waals surface area contributed by atoms with Crippen LogP contribution in [0.2, 0.25) is 0 Å². The highest BCUT2D eigenvalue weighted by Gasteiger charge is 2.39. The van der Waals surface area contributed by atoms with E-state index in [9.17, 15) is 9.90 Å². The third kappa shape index (κ3) is 3.19. The number of carbonyl (C=O) groups is 1. The van der Waals surface area contributed by atoms with Crippen molar-refractivity contribution < 1.29 is 9.90 Å². The van der Waals surface area contributed by atoms with Gasteiger partial charge in [-0.2, -0.15) is 0 Å². The number of aliphatic hydroxyl groups is 1. The van der Waals surface area contributed by atoms with Crippen LogP contribution in [0.1, 0.15) is 45.4 Å². The van der Waals surface area contributed by atoms with Crippen molar-refractivity contribution in [2.24, 2.45) is 11.1 Å². The van der Waals surface area contributed by atoms with Crippen LogP contribution in [0.3, 0.4) is 0 Å². The Morgan fingerprint density at radius 3 is 2.62 bits per heavy atom. The molecule has 0 aromatic carbocycles. The van der Waals surface area contributed by atoms with Crippen LogP contribution in [0.5, 0.6) is 0 Å². The molecule has 4 N–H and O–H groups in total. The summed E-state index contributed by atoms with van der Waals surface area (Å²) in [5, 5.41) is 12.3. The molecule has 0 heterocycles. The summed E-state index contributed by atoms with van der Waals surface area (Å²) in [5.74, 6) is 0.0794. The first-order valence-corrected chi connectivity index (χ1v) is 6.31. The summed E-state index contributed by atoms with van der Waals surface area (Å²) in [7, 11) is 0. The van der Waals surface area contributed by atoms with Gasteiger partial charge in [-0.1, -0.05) is 19.8 Å². The fraction of sp³-hybridized carbons (Fsp3) is 0.917. The van der Waals surface area contributed by atoms with Crippen molar-refractivity contribution in [1.82, 2.24) is 5.32 Å². The molecule has 4 heteroatoms. The summed E-state index contributed by atoms with van der Waals surface area (Å²) in [6, 6.07) is 0. The van der Waals surface area contributed by atoms with Gasteiger partial charge in [0.2, 0.25) is 5.91 Å². The first-order chi connectivity index (χ1) is 7.64. The minimum atomic E-state index is -0.322. The Labute approximate surface area is 97.6 Å². The Hall–Kier alpha value is -0.610. The molecule has 94 valence electrons. The van der Waals surface area contributed by atoms with E-state index in [-0.39, 0.29) is 17.4 Å². The molecule has 0 spiro atoms. The maximum atomic E-state index is 12.0. The van der Waals surface area contributed by atoms with Crippen LogP contribution < -0.4 is 11.1 Å². The minimum absolute atomic E-state index is 0.0794. The van der Waals surface area contributed by atoms with E-state index < -0.39 is 0 Å². The van der Waals surface area contributed by atoms with Crippen molar-refractivity contribution in [2.45, 2.75) is 51.6 Å².